The van der Waals surface area contributed by atoms with Gasteiger partial charge in [0.05, 0.1) is 5.69 Å². The van der Waals surface area contributed by atoms with E-state index in [1.807, 2.05) is 0 Å². The van der Waals surface area contributed by atoms with Gasteiger partial charge >= 0.3 is 6.18 Å². The number of rotatable bonds is 3. The monoisotopic (exact) mass is 387 g/mol. The number of hydrogen-bond donors (Lipinski definition) is 1. The van der Waals surface area contributed by atoms with E-state index in [1.165, 1.54) is 24.3 Å². The molecule has 2 aromatic carbocycles. The zero-order valence-corrected chi connectivity index (χ0v) is 14.0. The van der Waals surface area contributed by atoms with E-state index in [2.05, 4.69) is 5.32 Å². The molecule has 0 saturated carbocycles. The molecule has 8 heteroatoms. The minimum atomic E-state index is -4.47. The minimum absolute atomic E-state index is 0.0237. The number of carbonyl (C=O) groups is 1. The third-order valence-corrected chi connectivity index (χ3v) is 3.90. The molecule has 0 radical (unpaired) electrons. The molecule has 2 aromatic rings. The van der Waals surface area contributed by atoms with Gasteiger partial charge in [0.2, 0.25) is 0 Å². The Kier molecular flexibility index (Phi) is 4.67. The lowest BCUT2D eigenvalue weighted by Gasteiger charge is -2.12. The first-order valence-electron chi connectivity index (χ1n) is 7.05. The van der Waals surface area contributed by atoms with Crippen LogP contribution in [-0.2, 0) is 4.79 Å². The van der Waals surface area contributed by atoms with Crippen molar-refractivity contribution in [2.24, 2.45) is 0 Å². The number of amides is 1. The van der Waals surface area contributed by atoms with Crippen LogP contribution in [0.2, 0.25) is 10.0 Å². The van der Waals surface area contributed by atoms with Crippen molar-refractivity contribution in [2.75, 3.05) is 11.9 Å². The molecule has 1 aliphatic heterocycles. The first-order chi connectivity index (χ1) is 11.7. The summed E-state index contributed by atoms with van der Waals surface area (Å²) >= 11 is 11.8. The summed E-state index contributed by atoms with van der Waals surface area (Å²) in [6, 6.07) is 9.04. The maximum atomic E-state index is 12.4. The fourth-order valence-electron chi connectivity index (χ4n) is 2.39. The molecule has 0 spiro atoms. The SMILES string of the molecule is O=C1Nc2cc(Cl)ccc2/C1=C\c1cc(Cl)ccc1OCC(F)(F)F. The van der Waals surface area contributed by atoms with Crippen LogP contribution >= 0.6 is 23.2 Å². The van der Waals surface area contributed by atoms with Crippen LogP contribution in [0.1, 0.15) is 11.1 Å². The third-order valence-electron chi connectivity index (χ3n) is 3.43. The number of benzene rings is 2. The van der Waals surface area contributed by atoms with Gasteiger partial charge in [0.1, 0.15) is 5.75 Å². The van der Waals surface area contributed by atoms with Crippen molar-refractivity contribution in [2.45, 2.75) is 6.18 Å². The van der Waals surface area contributed by atoms with Crippen LogP contribution < -0.4 is 10.1 Å². The molecule has 0 saturated heterocycles. The van der Waals surface area contributed by atoms with Gasteiger partial charge in [-0.05, 0) is 36.4 Å². The summed E-state index contributed by atoms with van der Waals surface area (Å²) in [7, 11) is 0. The summed E-state index contributed by atoms with van der Waals surface area (Å²) < 4.78 is 42.1. The molecule has 1 aliphatic rings. The zero-order chi connectivity index (χ0) is 18.2. The molecule has 1 amide bonds. The lowest BCUT2D eigenvalue weighted by molar-refractivity contribution is -0.153. The van der Waals surface area contributed by atoms with Crippen molar-refractivity contribution in [3.8, 4) is 5.75 Å². The van der Waals surface area contributed by atoms with E-state index < -0.39 is 12.8 Å². The van der Waals surface area contributed by atoms with Crippen molar-refractivity contribution in [3.63, 3.8) is 0 Å². The number of nitrogens with one attached hydrogen (secondary N) is 1. The lowest BCUT2D eigenvalue weighted by Crippen LogP contribution is -2.19. The van der Waals surface area contributed by atoms with Crippen molar-refractivity contribution in [3.05, 3.63) is 57.6 Å². The Labute approximate surface area is 151 Å². The standard InChI is InChI=1S/C17H10Cl2F3NO2/c18-10-2-4-15(25-8-17(20,21)22)9(5-10)6-13-12-3-1-11(19)7-14(12)23-16(13)24/h1-7H,8H2,(H,23,24)/b13-6+. The van der Waals surface area contributed by atoms with Crippen LogP contribution in [0.3, 0.4) is 0 Å². The highest BCUT2D eigenvalue weighted by atomic mass is 35.5. The molecule has 3 nitrogen and oxygen atoms in total. The molecule has 25 heavy (non-hydrogen) atoms. The van der Waals surface area contributed by atoms with Crippen LogP contribution in [0.15, 0.2) is 36.4 Å². The molecule has 0 aliphatic carbocycles. The molecular weight excluding hydrogens is 378 g/mol. The predicted molar refractivity (Wildman–Crippen MR) is 91.0 cm³/mol. The average Bonchev–Trinajstić information content (AvgIpc) is 2.80. The molecule has 130 valence electrons. The van der Waals surface area contributed by atoms with E-state index in [0.717, 1.165) is 0 Å². The highest BCUT2D eigenvalue weighted by Crippen LogP contribution is 2.36. The van der Waals surface area contributed by atoms with Gasteiger partial charge in [-0.3, -0.25) is 4.79 Å². The maximum absolute atomic E-state index is 12.4. The van der Waals surface area contributed by atoms with Crippen LogP contribution in [0.5, 0.6) is 5.75 Å². The van der Waals surface area contributed by atoms with Crippen molar-refractivity contribution in [1.82, 2.24) is 0 Å². The Balaban J connectivity index is 2.01. The van der Waals surface area contributed by atoms with Crippen LogP contribution in [0.25, 0.3) is 11.6 Å². The summed E-state index contributed by atoms with van der Waals surface area (Å²) in [5.41, 5.74) is 1.68. The van der Waals surface area contributed by atoms with Gasteiger partial charge in [0.25, 0.3) is 5.91 Å². The minimum Gasteiger partial charge on any atom is -0.483 e. The zero-order valence-electron chi connectivity index (χ0n) is 12.5. The fourth-order valence-corrected chi connectivity index (χ4v) is 2.74. The Morgan fingerprint density at radius 1 is 1.08 bits per heavy atom. The van der Waals surface area contributed by atoms with Crippen molar-refractivity contribution >= 4 is 46.4 Å². The largest absolute Gasteiger partial charge is 0.483 e. The van der Waals surface area contributed by atoms with Gasteiger partial charge in [-0.25, -0.2) is 0 Å². The van der Waals surface area contributed by atoms with E-state index >= 15 is 0 Å². The summed E-state index contributed by atoms with van der Waals surface area (Å²) in [5, 5.41) is 3.42. The van der Waals surface area contributed by atoms with Gasteiger partial charge in [-0.1, -0.05) is 29.3 Å². The second-order valence-electron chi connectivity index (χ2n) is 5.29. The molecule has 3 rings (SSSR count). The number of anilines is 1. The van der Waals surface area contributed by atoms with E-state index in [9.17, 15) is 18.0 Å². The van der Waals surface area contributed by atoms with Crippen LogP contribution in [-0.4, -0.2) is 18.7 Å². The van der Waals surface area contributed by atoms with Gasteiger partial charge in [0, 0.05) is 26.7 Å². The molecule has 1 heterocycles. The predicted octanol–water partition coefficient (Wildman–Crippen LogP) is 5.43. The van der Waals surface area contributed by atoms with Crippen molar-refractivity contribution in [1.29, 1.82) is 0 Å². The first kappa shape index (κ1) is 17.6. The van der Waals surface area contributed by atoms with E-state index in [1.54, 1.807) is 18.2 Å². The van der Waals surface area contributed by atoms with E-state index in [4.69, 9.17) is 27.9 Å². The second-order valence-corrected chi connectivity index (χ2v) is 6.16. The smallest absolute Gasteiger partial charge is 0.422 e. The highest BCUT2D eigenvalue weighted by molar-refractivity contribution is 6.37. The molecule has 0 unspecified atom stereocenters. The Morgan fingerprint density at radius 3 is 2.48 bits per heavy atom. The quantitative estimate of drug-likeness (QED) is 0.713. The first-order valence-corrected chi connectivity index (χ1v) is 7.80. The number of halogens is 5. The average molecular weight is 388 g/mol. The van der Waals surface area contributed by atoms with Crippen molar-refractivity contribution < 1.29 is 22.7 Å². The van der Waals surface area contributed by atoms with Crippen LogP contribution in [0.4, 0.5) is 18.9 Å². The van der Waals surface area contributed by atoms with E-state index in [-0.39, 0.29) is 22.8 Å². The molecule has 0 atom stereocenters. The normalized spacial score (nSPS) is 15.2. The second kappa shape index (κ2) is 6.61. The maximum Gasteiger partial charge on any atom is 0.422 e. The molecule has 1 N–H and O–H groups in total. The summed E-state index contributed by atoms with van der Waals surface area (Å²) in [5.74, 6) is -0.413. The third kappa shape index (κ3) is 4.08. The molecule has 0 bridgehead atoms. The Hall–Kier alpha value is -2.18. The lowest BCUT2D eigenvalue weighted by atomic mass is 10.0. The molecular formula is C17H10Cl2F3NO2. The summed E-state index contributed by atoms with van der Waals surface area (Å²) in [6.45, 7) is -1.44. The number of ether oxygens (including phenoxy) is 1. The Morgan fingerprint density at radius 2 is 1.76 bits per heavy atom. The topological polar surface area (TPSA) is 38.3 Å². The van der Waals surface area contributed by atoms with Gasteiger partial charge in [-0.15, -0.1) is 0 Å². The van der Waals surface area contributed by atoms with Gasteiger partial charge < -0.3 is 10.1 Å². The molecule has 0 fully saturated rings. The summed E-state index contributed by atoms with van der Waals surface area (Å²) in [6.07, 6.45) is -3.04. The van der Waals surface area contributed by atoms with E-state index in [0.29, 0.717) is 21.3 Å². The fraction of sp³-hybridized carbons (Fsp3) is 0.118. The summed E-state index contributed by atoms with van der Waals surface area (Å²) in [4.78, 5) is 12.2. The van der Waals surface area contributed by atoms with Gasteiger partial charge in [0.15, 0.2) is 6.61 Å². The number of carbonyl (C=O) groups excluding carboxylic acids is 1. The Bertz CT molecular complexity index is 879. The highest BCUT2D eigenvalue weighted by Gasteiger charge is 2.29. The van der Waals surface area contributed by atoms with Gasteiger partial charge in [-0.2, -0.15) is 13.2 Å². The molecule has 0 aromatic heterocycles. The van der Waals surface area contributed by atoms with Crippen LogP contribution in [0, 0.1) is 0 Å². The number of alkyl halides is 3. The number of hydrogen-bond acceptors (Lipinski definition) is 2. The number of fused-ring (bicyclic) bond motifs is 1.